The van der Waals surface area contributed by atoms with E-state index in [-0.39, 0.29) is 0 Å². The molecule has 0 spiro atoms. The molecule has 0 amide bonds. The smallest absolute Gasteiger partial charge is 0.434 e. The minimum atomic E-state index is -0.473. The van der Waals surface area contributed by atoms with Gasteiger partial charge in [0, 0.05) is 0 Å². The van der Waals surface area contributed by atoms with Crippen molar-refractivity contribution in [2.45, 2.75) is 239 Å². The average Bonchev–Trinajstić information content (AvgIpc) is 3.04. The Hall–Kier alpha value is -0.990. The zero-order chi connectivity index (χ0) is 33.4. The van der Waals surface area contributed by atoms with E-state index in [1.54, 1.807) is 0 Å². The second-order valence-electron chi connectivity index (χ2n) is 14.8. The minimum absolute atomic E-state index is 0.473. The van der Waals surface area contributed by atoms with Crippen LogP contribution >= 0.6 is 0 Å². The molecule has 3 nitrogen and oxygen atoms in total. The highest BCUT2D eigenvalue weighted by Crippen LogP contribution is 2.16. The molecule has 0 aromatic heterocycles. The van der Waals surface area contributed by atoms with E-state index in [0.29, 0.717) is 13.2 Å². The zero-order valence-corrected chi connectivity index (χ0v) is 31.9. The van der Waals surface area contributed by atoms with E-state index >= 15 is 0 Å². The second-order valence-corrected chi connectivity index (χ2v) is 14.8. The van der Waals surface area contributed by atoms with Crippen LogP contribution in [-0.2, 0) is 9.47 Å². The Morgan fingerprint density at radius 1 is 0.413 bits per heavy atom. The molecule has 0 unspecified atom stereocenters. The van der Waals surface area contributed by atoms with Crippen LogP contribution in [0.1, 0.15) is 239 Å². The van der Waals surface area contributed by atoms with Crippen LogP contribution < -0.4 is 0 Å². The van der Waals surface area contributed by atoms with E-state index < -0.39 is 6.16 Å². The molecule has 0 atom stereocenters. The Labute approximate surface area is 290 Å². The van der Waals surface area contributed by atoms with Gasteiger partial charge in [0.05, 0.1) is 13.2 Å². The predicted octanol–water partition coefficient (Wildman–Crippen LogP) is 15.6. The molecule has 0 aliphatic carbocycles. The van der Waals surface area contributed by atoms with E-state index in [4.69, 9.17) is 9.47 Å². The van der Waals surface area contributed by atoms with Gasteiger partial charge in [0.1, 0.15) is 0 Å². The van der Waals surface area contributed by atoms with Gasteiger partial charge in [0.15, 0.2) is 0 Å². The van der Waals surface area contributed by atoms with Gasteiger partial charge in [0.2, 0.25) is 0 Å². The third-order valence-corrected chi connectivity index (χ3v) is 9.52. The van der Waals surface area contributed by atoms with E-state index in [1.807, 2.05) is 0 Å². The third-order valence-electron chi connectivity index (χ3n) is 9.52. The standard InChI is InChI=1S/C43H84O3/c1-4-5-6-7-8-9-10-11-12-13-14-15-16-19-22-25-28-31-34-37-40-45-43(44)46-41-38-35-32-29-26-23-20-17-18-21-24-27-30-33-36-39-42(2)3/h11-12,42H,4-10,13-41H2,1-3H3. The number of allylic oxidation sites excluding steroid dienone is 2. The summed E-state index contributed by atoms with van der Waals surface area (Å²) in [6.45, 7) is 7.96. The minimum Gasteiger partial charge on any atom is -0.434 e. The molecule has 0 bridgehead atoms. The molecular formula is C43H84O3. The molecule has 0 aromatic rings. The van der Waals surface area contributed by atoms with Gasteiger partial charge in [0.25, 0.3) is 0 Å². The van der Waals surface area contributed by atoms with E-state index in [9.17, 15) is 4.79 Å². The summed E-state index contributed by atoms with van der Waals surface area (Å²) in [6.07, 6.45) is 49.9. The van der Waals surface area contributed by atoms with Crippen LogP contribution in [-0.4, -0.2) is 19.4 Å². The Morgan fingerprint density at radius 3 is 1.02 bits per heavy atom. The van der Waals surface area contributed by atoms with Gasteiger partial charge in [-0.25, -0.2) is 4.79 Å². The lowest BCUT2D eigenvalue weighted by molar-refractivity contribution is 0.0529. The molecule has 0 saturated heterocycles. The van der Waals surface area contributed by atoms with Crippen molar-refractivity contribution >= 4 is 6.16 Å². The van der Waals surface area contributed by atoms with Crippen molar-refractivity contribution in [1.29, 1.82) is 0 Å². The molecule has 0 aromatic carbocycles. The Morgan fingerprint density at radius 2 is 0.696 bits per heavy atom. The van der Waals surface area contributed by atoms with Crippen LogP contribution in [0.25, 0.3) is 0 Å². The maximum Gasteiger partial charge on any atom is 0.508 e. The summed E-state index contributed by atoms with van der Waals surface area (Å²) in [5.74, 6) is 0.872. The van der Waals surface area contributed by atoms with Crippen LogP contribution in [0.3, 0.4) is 0 Å². The predicted molar refractivity (Wildman–Crippen MR) is 204 cm³/mol. The van der Waals surface area contributed by atoms with Crippen molar-refractivity contribution in [2.24, 2.45) is 5.92 Å². The molecule has 3 heteroatoms. The van der Waals surface area contributed by atoms with Gasteiger partial charge in [-0.2, -0.15) is 0 Å². The van der Waals surface area contributed by atoms with Crippen molar-refractivity contribution in [3.63, 3.8) is 0 Å². The largest absolute Gasteiger partial charge is 0.508 e. The molecule has 0 saturated carbocycles. The first kappa shape index (κ1) is 45.0. The Kier molecular flexibility index (Phi) is 39.3. The average molecular weight is 649 g/mol. The van der Waals surface area contributed by atoms with E-state index in [1.165, 1.54) is 193 Å². The fourth-order valence-electron chi connectivity index (χ4n) is 6.36. The van der Waals surface area contributed by atoms with Gasteiger partial charge in [-0.3, -0.25) is 0 Å². The lowest BCUT2D eigenvalue weighted by Gasteiger charge is -2.07. The highest BCUT2D eigenvalue weighted by molar-refractivity contribution is 5.59. The summed E-state index contributed by atoms with van der Waals surface area (Å²) < 4.78 is 10.5. The molecule has 0 N–H and O–H groups in total. The number of unbranched alkanes of at least 4 members (excludes halogenated alkanes) is 30. The first-order valence-corrected chi connectivity index (χ1v) is 21.1. The van der Waals surface area contributed by atoms with Crippen molar-refractivity contribution in [3.05, 3.63) is 12.2 Å². The maximum absolute atomic E-state index is 11.8. The zero-order valence-electron chi connectivity index (χ0n) is 31.9. The summed E-state index contributed by atoms with van der Waals surface area (Å²) in [5, 5.41) is 0. The number of rotatable bonds is 38. The quantitative estimate of drug-likeness (QED) is 0.0380. The number of hydrogen-bond donors (Lipinski definition) is 0. The number of ether oxygens (including phenoxy) is 2. The van der Waals surface area contributed by atoms with Gasteiger partial charge >= 0.3 is 6.16 Å². The topological polar surface area (TPSA) is 35.5 Å². The van der Waals surface area contributed by atoms with Gasteiger partial charge in [-0.1, -0.05) is 213 Å². The van der Waals surface area contributed by atoms with Crippen molar-refractivity contribution in [3.8, 4) is 0 Å². The summed E-state index contributed by atoms with van der Waals surface area (Å²) >= 11 is 0. The number of carbonyl (C=O) groups excluding carboxylic acids is 1. The van der Waals surface area contributed by atoms with Crippen LogP contribution in [0.2, 0.25) is 0 Å². The molecule has 274 valence electrons. The number of carbonyl (C=O) groups is 1. The molecule has 46 heavy (non-hydrogen) atoms. The molecule has 0 heterocycles. The SMILES string of the molecule is CCCCCCCCC=CCCCCCCCCCCCCOC(=O)OCCCCCCCCCCCCCCCCCC(C)C. The maximum atomic E-state index is 11.8. The molecule has 0 radical (unpaired) electrons. The lowest BCUT2D eigenvalue weighted by Crippen LogP contribution is -2.09. The van der Waals surface area contributed by atoms with Crippen LogP contribution in [0, 0.1) is 5.92 Å². The molecule has 0 aliphatic rings. The first-order chi connectivity index (χ1) is 22.7. The number of hydrogen-bond acceptors (Lipinski definition) is 3. The monoisotopic (exact) mass is 649 g/mol. The summed E-state index contributed by atoms with van der Waals surface area (Å²) in [4.78, 5) is 11.8. The summed E-state index contributed by atoms with van der Waals surface area (Å²) in [5.41, 5.74) is 0. The first-order valence-electron chi connectivity index (χ1n) is 21.1. The molecular weight excluding hydrogens is 564 g/mol. The molecule has 0 fully saturated rings. The van der Waals surface area contributed by atoms with Crippen LogP contribution in [0.4, 0.5) is 4.79 Å². The fourth-order valence-corrected chi connectivity index (χ4v) is 6.36. The highest BCUT2D eigenvalue weighted by atomic mass is 16.7. The van der Waals surface area contributed by atoms with Gasteiger partial charge in [-0.15, -0.1) is 0 Å². The van der Waals surface area contributed by atoms with E-state index in [2.05, 4.69) is 32.9 Å². The second kappa shape index (κ2) is 40.2. The molecule has 0 rings (SSSR count). The summed E-state index contributed by atoms with van der Waals surface area (Å²) in [7, 11) is 0. The van der Waals surface area contributed by atoms with E-state index in [0.717, 1.165) is 31.6 Å². The van der Waals surface area contributed by atoms with Crippen molar-refractivity contribution in [2.75, 3.05) is 13.2 Å². The van der Waals surface area contributed by atoms with Crippen LogP contribution in [0.5, 0.6) is 0 Å². The highest BCUT2D eigenvalue weighted by Gasteiger charge is 2.03. The summed E-state index contributed by atoms with van der Waals surface area (Å²) in [6, 6.07) is 0. The van der Waals surface area contributed by atoms with Gasteiger partial charge in [-0.05, 0) is 44.4 Å². The van der Waals surface area contributed by atoms with Crippen molar-refractivity contribution < 1.29 is 14.3 Å². The van der Waals surface area contributed by atoms with Crippen molar-refractivity contribution in [1.82, 2.24) is 0 Å². The molecule has 0 aliphatic heterocycles. The Balaban J connectivity index is 3.18. The lowest BCUT2D eigenvalue weighted by atomic mass is 10.0. The third kappa shape index (κ3) is 41.0. The normalized spacial score (nSPS) is 11.7. The Bertz CT molecular complexity index is 599. The van der Waals surface area contributed by atoms with Crippen LogP contribution in [0.15, 0.2) is 12.2 Å². The fraction of sp³-hybridized carbons (Fsp3) is 0.930. The van der Waals surface area contributed by atoms with Gasteiger partial charge < -0.3 is 9.47 Å².